The molecule has 1 fully saturated rings. The Labute approximate surface area is 167 Å². The number of hydrogen-bond acceptors (Lipinski definition) is 4. The molecule has 7 heteroatoms. The third-order valence-corrected chi connectivity index (χ3v) is 5.10. The van der Waals surface area contributed by atoms with Gasteiger partial charge in [0.05, 0.1) is 11.9 Å². The molecule has 1 aliphatic heterocycles. The fraction of sp³-hybridized carbons (Fsp3) is 0.300. The SMILES string of the molecule is Clc1ccc(COc2cncc(-c3ccnn3C3CCCCO3)c2)c(Cl)c1. The van der Waals surface area contributed by atoms with Crippen molar-refractivity contribution in [3.05, 3.63) is 64.5 Å². The molecular formula is C20H19Cl2N3O2. The second kappa shape index (κ2) is 8.30. The zero-order valence-electron chi connectivity index (χ0n) is 14.6. The largest absolute Gasteiger partial charge is 0.487 e. The molecule has 3 aromatic rings. The normalized spacial score (nSPS) is 17.0. The van der Waals surface area contributed by atoms with Gasteiger partial charge in [0, 0.05) is 40.2 Å². The summed E-state index contributed by atoms with van der Waals surface area (Å²) < 4.78 is 13.7. The van der Waals surface area contributed by atoms with E-state index in [0.29, 0.717) is 22.4 Å². The second-order valence-electron chi connectivity index (χ2n) is 6.42. The van der Waals surface area contributed by atoms with Crippen LogP contribution in [-0.4, -0.2) is 21.4 Å². The molecule has 1 aromatic carbocycles. The van der Waals surface area contributed by atoms with Crippen LogP contribution in [0.5, 0.6) is 5.75 Å². The fourth-order valence-corrected chi connectivity index (χ4v) is 3.59. The molecule has 0 N–H and O–H groups in total. The van der Waals surface area contributed by atoms with E-state index in [9.17, 15) is 0 Å². The molecule has 0 bridgehead atoms. The second-order valence-corrected chi connectivity index (χ2v) is 7.26. The average Bonchev–Trinajstić information content (AvgIpc) is 3.18. The number of halogens is 2. The molecule has 1 atom stereocenters. The quantitative estimate of drug-likeness (QED) is 0.561. The number of pyridine rings is 1. The molecule has 5 nitrogen and oxygen atoms in total. The maximum Gasteiger partial charge on any atom is 0.150 e. The van der Waals surface area contributed by atoms with E-state index in [4.69, 9.17) is 32.7 Å². The van der Waals surface area contributed by atoms with Crippen LogP contribution in [0.3, 0.4) is 0 Å². The Balaban J connectivity index is 1.52. The Kier molecular flexibility index (Phi) is 5.62. The minimum absolute atomic E-state index is 0.0267. The standard InChI is InChI=1S/C20H19Cl2N3O2/c21-16-5-4-14(18(22)10-16)13-27-17-9-15(11-23-12-17)19-6-7-24-25(19)20-3-1-2-8-26-20/h4-7,9-12,20H,1-3,8,13H2. The lowest BCUT2D eigenvalue weighted by atomic mass is 10.1. The van der Waals surface area contributed by atoms with E-state index in [0.717, 1.165) is 42.7 Å². The molecule has 0 spiro atoms. The van der Waals surface area contributed by atoms with Crippen molar-refractivity contribution in [1.29, 1.82) is 0 Å². The van der Waals surface area contributed by atoms with E-state index in [-0.39, 0.29) is 6.23 Å². The molecule has 1 saturated heterocycles. The van der Waals surface area contributed by atoms with Gasteiger partial charge in [0.15, 0.2) is 6.23 Å². The van der Waals surface area contributed by atoms with Crippen LogP contribution in [0.4, 0.5) is 0 Å². The lowest BCUT2D eigenvalue weighted by Crippen LogP contribution is -2.19. The van der Waals surface area contributed by atoms with Gasteiger partial charge in [-0.3, -0.25) is 4.98 Å². The molecule has 0 radical (unpaired) electrons. The van der Waals surface area contributed by atoms with Crippen molar-refractivity contribution in [1.82, 2.24) is 14.8 Å². The third kappa shape index (κ3) is 4.26. The van der Waals surface area contributed by atoms with Crippen LogP contribution in [0.2, 0.25) is 10.0 Å². The molecule has 4 rings (SSSR count). The van der Waals surface area contributed by atoms with Gasteiger partial charge >= 0.3 is 0 Å². The Bertz CT molecular complexity index is 923. The highest BCUT2D eigenvalue weighted by Gasteiger charge is 2.19. The summed E-state index contributed by atoms with van der Waals surface area (Å²) in [7, 11) is 0. The van der Waals surface area contributed by atoms with Crippen LogP contribution >= 0.6 is 23.2 Å². The lowest BCUT2D eigenvalue weighted by Gasteiger charge is -2.24. The maximum atomic E-state index is 6.21. The number of nitrogens with zero attached hydrogens (tertiary/aromatic N) is 3. The van der Waals surface area contributed by atoms with Crippen molar-refractivity contribution in [3.63, 3.8) is 0 Å². The summed E-state index contributed by atoms with van der Waals surface area (Å²) in [6, 6.07) is 9.28. The van der Waals surface area contributed by atoms with Crippen molar-refractivity contribution in [2.75, 3.05) is 6.61 Å². The highest BCUT2D eigenvalue weighted by molar-refractivity contribution is 6.35. The Morgan fingerprint density at radius 3 is 2.89 bits per heavy atom. The summed E-state index contributed by atoms with van der Waals surface area (Å²) in [6.45, 7) is 1.11. The highest BCUT2D eigenvalue weighted by atomic mass is 35.5. The number of hydrogen-bond donors (Lipinski definition) is 0. The monoisotopic (exact) mass is 403 g/mol. The summed E-state index contributed by atoms with van der Waals surface area (Å²) in [5, 5.41) is 5.64. The molecule has 27 heavy (non-hydrogen) atoms. The smallest absolute Gasteiger partial charge is 0.150 e. The first-order valence-corrected chi connectivity index (χ1v) is 9.63. The van der Waals surface area contributed by atoms with Crippen molar-refractivity contribution in [2.24, 2.45) is 0 Å². The van der Waals surface area contributed by atoms with Gasteiger partial charge in [-0.25, -0.2) is 4.68 Å². The Morgan fingerprint density at radius 2 is 2.07 bits per heavy atom. The van der Waals surface area contributed by atoms with Crippen LogP contribution in [0.15, 0.2) is 48.9 Å². The van der Waals surface area contributed by atoms with Gasteiger partial charge in [0.1, 0.15) is 12.4 Å². The zero-order chi connectivity index (χ0) is 18.6. The number of benzene rings is 1. The van der Waals surface area contributed by atoms with Gasteiger partial charge in [-0.2, -0.15) is 5.10 Å². The molecule has 140 valence electrons. The van der Waals surface area contributed by atoms with Gasteiger partial charge in [-0.15, -0.1) is 0 Å². The highest BCUT2D eigenvalue weighted by Crippen LogP contribution is 2.30. The number of ether oxygens (including phenoxy) is 2. The molecule has 0 saturated carbocycles. The van der Waals surface area contributed by atoms with E-state index in [1.807, 2.05) is 22.9 Å². The van der Waals surface area contributed by atoms with E-state index in [2.05, 4.69) is 10.1 Å². The summed E-state index contributed by atoms with van der Waals surface area (Å²) >= 11 is 12.1. The van der Waals surface area contributed by atoms with Crippen LogP contribution in [0.25, 0.3) is 11.3 Å². The number of aromatic nitrogens is 3. The predicted octanol–water partition coefficient (Wildman–Crippen LogP) is 5.53. The first-order chi connectivity index (χ1) is 13.2. The van der Waals surface area contributed by atoms with Crippen LogP contribution < -0.4 is 4.74 Å². The van der Waals surface area contributed by atoms with Crippen molar-refractivity contribution < 1.29 is 9.47 Å². The van der Waals surface area contributed by atoms with Gasteiger partial charge in [-0.1, -0.05) is 29.3 Å². The van der Waals surface area contributed by atoms with E-state index in [1.54, 1.807) is 30.7 Å². The molecule has 0 amide bonds. The van der Waals surface area contributed by atoms with Gasteiger partial charge < -0.3 is 9.47 Å². The molecule has 1 unspecified atom stereocenters. The van der Waals surface area contributed by atoms with Crippen molar-refractivity contribution in [3.8, 4) is 17.0 Å². The summed E-state index contributed by atoms with van der Waals surface area (Å²) in [5.41, 5.74) is 2.76. The Morgan fingerprint density at radius 1 is 1.15 bits per heavy atom. The van der Waals surface area contributed by atoms with Crippen molar-refractivity contribution in [2.45, 2.75) is 32.1 Å². The fourth-order valence-electron chi connectivity index (χ4n) is 3.13. The third-order valence-electron chi connectivity index (χ3n) is 4.52. The molecule has 2 aromatic heterocycles. The first kappa shape index (κ1) is 18.3. The van der Waals surface area contributed by atoms with Crippen LogP contribution in [0.1, 0.15) is 31.1 Å². The molecular weight excluding hydrogens is 385 g/mol. The average molecular weight is 404 g/mol. The molecule has 0 aliphatic carbocycles. The van der Waals surface area contributed by atoms with Gasteiger partial charge in [0.25, 0.3) is 0 Å². The van der Waals surface area contributed by atoms with Crippen LogP contribution in [-0.2, 0) is 11.3 Å². The Hall–Kier alpha value is -2.08. The van der Waals surface area contributed by atoms with Gasteiger partial charge in [-0.05, 0) is 43.5 Å². The summed E-state index contributed by atoms with van der Waals surface area (Å²) in [5.74, 6) is 0.663. The minimum Gasteiger partial charge on any atom is -0.487 e. The minimum atomic E-state index is -0.0267. The van der Waals surface area contributed by atoms with E-state index < -0.39 is 0 Å². The number of rotatable bonds is 5. The lowest BCUT2D eigenvalue weighted by molar-refractivity contribution is -0.0383. The van der Waals surface area contributed by atoms with Crippen LogP contribution in [0, 0.1) is 0 Å². The summed E-state index contributed by atoms with van der Waals surface area (Å²) in [6.07, 6.45) is 8.46. The van der Waals surface area contributed by atoms with E-state index >= 15 is 0 Å². The van der Waals surface area contributed by atoms with Crippen molar-refractivity contribution >= 4 is 23.2 Å². The molecule has 3 heterocycles. The zero-order valence-corrected chi connectivity index (χ0v) is 16.2. The first-order valence-electron chi connectivity index (χ1n) is 8.88. The van der Waals surface area contributed by atoms with E-state index in [1.165, 1.54) is 0 Å². The predicted molar refractivity (Wildman–Crippen MR) is 105 cm³/mol. The summed E-state index contributed by atoms with van der Waals surface area (Å²) in [4.78, 5) is 4.31. The van der Waals surface area contributed by atoms with Gasteiger partial charge in [0.2, 0.25) is 0 Å². The topological polar surface area (TPSA) is 49.2 Å². The molecule has 1 aliphatic rings. The maximum absolute atomic E-state index is 6.21.